The number of likely N-dealkylation sites (tertiary alicyclic amines) is 1. The van der Waals surface area contributed by atoms with Crippen molar-refractivity contribution in [1.82, 2.24) is 9.80 Å². The Kier molecular flexibility index (Phi) is 6.90. The van der Waals surface area contributed by atoms with Crippen molar-refractivity contribution in [2.45, 2.75) is 25.9 Å². The van der Waals surface area contributed by atoms with E-state index < -0.39 is 11.1 Å². The van der Waals surface area contributed by atoms with Crippen LogP contribution < -0.4 is 4.74 Å². The molecule has 0 radical (unpaired) electrons. The summed E-state index contributed by atoms with van der Waals surface area (Å²) in [6.07, 6.45) is 4.63. The van der Waals surface area contributed by atoms with E-state index >= 15 is 0 Å². The molecule has 6 nitrogen and oxygen atoms in total. The Morgan fingerprint density at radius 1 is 1.06 bits per heavy atom. The molecule has 4 rings (SSSR count). The fraction of sp³-hybridized carbons (Fsp3) is 0.292. The summed E-state index contributed by atoms with van der Waals surface area (Å²) in [6.45, 7) is 1.41. The maximum absolute atomic E-state index is 13.0. The second-order valence-electron chi connectivity index (χ2n) is 7.70. The number of hydrogen-bond donors (Lipinski definition) is 0. The molecule has 2 aromatic carbocycles. The summed E-state index contributed by atoms with van der Waals surface area (Å²) in [7, 11) is 0. The van der Waals surface area contributed by atoms with Crippen molar-refractivity contribution in [2.24, 2.45) is 0 Å². The molecule has 2 fully saturated rings. The number of halogens is 1. The molecule has 8 heteroatoms. The fourth-order valence-electron chi connectivity index (χ4n) is 3.61. The Labute approximate surface area is 190 Å². The zero-order valence-corrected chi connectivity index (χ0v) is 18.3. The van der Waals surface area contributed by atoms with Gasteiger partial charge >= 0.3 is 0 Å². The van der Waals surface area contributed by atoms with E-state index in [1.165, 1.54) is 12.1 Å². The number of hydrogen-bond acceptors (Lipinski definition) is 5. The van der Waals surface area contributed by atoms with Crippen molar-refractivity contribution < 1.29 is 23.5 Å². The Balaban J connectivity index is 1.40. The number of nitrogens with zero attached hydrogens (tertiary/aromatic N) is 2. The van der Waals surface area contributed by atoms with Crippen LogP contribution in [-0.2, 0) is 16.2 Å². The first-order valence-electron chi connectivity index (χ1n) is 10.5. The van der Waals surface area contributed by atoms with Gasteiger partial charge in [0.2, 0.25) is 5.91 Å². The maximum atomic E-state index is 13.0. The van der Waals surface area contributed by atoms with Gasteiger partial charge in [0.25, 0.3) is 11.1 Å². The first-order valence-corrected chi connectivity index (χ1v) is 11.3. The Morgan fingerprint density at radius 2 is 1.81 bits per heavy atom. The molecule has 0 bridgehead atoms. The van der Waals surface area contributed by atoms with Crippen molar-refractivity contribution in [3.8, 4) is 5.75 Å². The van der Waals surface area contributed by atoms with Crippen LogP contribution in [0.1, 0.15) is 30.4 Å². The van der Waals surface area contributed by atoms with Gasteiger partial charge in [0.15, 0.2) is 0 Å². The molecular weight excluding hydrogens is 431 g/mol. The standard InChI is InChI=1S/C24H23FN2O4S/c25-19-9-7-17(8-10-19)16-31-20-6-4-5-18(13-20)14-21-23(29)27(24(30)32-21)15-22(28)26-11-2-1-3-12-26/h4-10,13-14H,1-3,11-12,15-16H2/b21-14+. The molecule has 0 aromatic heterocycles. The molecule has 2 heterocycles. The molecule has 2 aliphatic rings. The Morgan fingerprint density at radius 3 is 2.56 bits per heavy atom. The van der Waals surface area contributed by atoms with Crippen LogP contribution in [0, 0.1) is 5.82 Å². The van der Waals surface area contributed by atoms with Crippen molar-refractivity contribution in [1.29, 1.82) is 0 Å². The zero-order valence-electron chi connectivity index (χ0n) is 17.5. The lowest BCUT2D eigenvalue weighted by Gasteiger charge is -2.27. The van der Waals surface area contributed by atoms with Gasteiger partial charge in [-0.25, -0.2) is 4.39 Å². The molecule has 0 unspecified atom stereocenters. The molecular formula is C24H23FN2O4S. The van der Waals surface area contributed by atoms with Crippen molar-refractivity contribution in [3.05, 3.63) is 70.4 Å². The summed E-state index contributed by atoms with van der Waals surface area (Å²) in [5.41, 5.74) is 1.53. The van der Waals surface area contributed by atoms with E-state index in [4.69, 9.17) is 4.74 Å². The molecule has 32 heavy (non-hydrogen) atoms. The molecule has 0 aliphatic carbocycles. The minimum atomic E-state index is -0.456. The van der Waals surface area contributed by atoms with Gasteiger partial charge in [0.1, 0.15) is 24.7 Å². The topological polar surface area (TPSA) is 66.9 Å². The predicted molar refractivity (Wildman–Crippen MR) is 120 cm³/mol. The van der Waals surface area contributed by atoms with Gasteiger partial charge in [-0.1, -0.05) is 24.3 Å². The predicted octanol–water partition coefficient (Wildman–Crippen LogP) is 4.45. The number of thioether (sulfide) groups is 1. The molecule has 0 spiro atoms. The minimum absolute atomic E-state index is 0.190. The van der Waals surface area contributed by atoms with E-state index in [-0.39, 0.29) is 29.8 Å². The van der Waals surface area contributed by atoms with Crippen LogP contribution >= 0.6 is 11.8 Å². The minimum Gasteiger partial charge on any atom is -0.489 e. The molecule has 2 aromatic rings. The number of piperidine rings is 1. The van der Waals surface area contributed by atoms with E-state index in [0.717, 1.165) is 41.5 Å². The van der Waals surface area contributed by atoms with Crippen molar-refractivity contribution >= 4 is 34.9 Å². The molecule has 3 amide bonds. The van der Waals surface area contributed by atoms with Crippen LogP contribution in [0.4, 0.5) is 9.18 Å². The third-order valence-electron chi connectivity index (χ3n) is 5.35. The molecule has 166 valence electrons. The summed E-state index contributed by atoms with van der Waals surface area (Å²) in [5.74, 6) is -0.364. The highest BCUT2D eigenvalue weighted by Crippen LogP contribution is 2.32. The molecule has 0 N–H and O–H groups in total. The van der Waals surface area contributed by atoms with Gasteiger partial charge in [-0.3, -0.25) is 19.3 Å². The van der Waals surface area contributed by atoms with Crippen LogP contribution in [0.15, 0.2) is 53.4 Å². The Bertz CT molecular complexity index is 1050. The highest BCUT2D eigenvalue weighted by atomic mass is 32.2. The van der Waals surface area contributed by atoms with Crippen molar-refractivity contribution in [3.63, 3.8) is 0 Å². The first-order chi connectivity index (χ1) is 15.5. The van der Waals surface area contributed by atoms with Crippen LogP contribution in [0.2, 0.25) is 0 Å². The van der Waals surface area contributed by atoms with E-state index in [1.54, 1.807) is 47.4 Å². The van der Waals surface area contributed by atoms with Gasteiger partial charge in [-0.05, 0) is 72.5 Å². The Hall–Kier alpha value is -3.13. The molecule has 0 saturated carbocycles. The number of amides is 3. The lowest BCUT2D eigenvalue weighted by atomic mass is 10.1. The summed E-state index contributed by atoms with van der Waals surface area (Å²) in [4.78, 5) is 40.6. The zero-order chi connectivity index (χ0) is 22.5. The first kappa shape index (κ1) is 22.1. The molecule has 2 aliphatic heterocycles. The average molecular weight is 455 g/mol. The second-order valence-corrected chi connectivity index (χ2v) is 8.69. The quantitative estimate of drug-likeness (QED) is 0.603. The number of carbonyl (C=O) groups excluding carboxylic acids is 3. The summed E-state index contributed by atoms with van der Waals surface area (Å²) in [6, 6.07) is 13.2. The van der Waals surface area contributed by atoms with E-state index in [0.29, 0.717) is 24.4 Å². The largest absolute Gasteiger partial charge is 0.489 e. The van der Waals surface area contributed by atoms with Gasteiger partial charge in [0.05, 0.1) is 4.91 Å². The van der Waals surface area contributed by atoms with Gasteiger partial charge < -0.3 is 9.64 Å². The third kappa shape index (κ3) is 5.37. The number of benzene rings is 2. The number of carbonyl (C=O) groups is 3. The lowest BCUT2D eigenvalue weighted by molar-refractivity contribution is -0.136. The highest BCUT2D eigenvalue weighted by Gasteiger charge is 2.37. The fourth-order valence-corrected chi connectivity index (χ4v) is 4.45. The van der Waals surface area contributed by atoms with Crippen LogP contribution in [0.3, 0.4) is 0 Å². The maximum Gasteiger partial charge on any atom is 0.294 e. The van der Waals surface area contributed by atoms with Crippen molar-refractivity contribution in [2.75, 3.05) is 19.6 Å². The number of rotatable bonds is 6. The summed E-state index contributed by atoms with van der Waals surface area (Å²) >= 11 is 0.834. The van der Waals surface area contributed by atoms with Gasteiger partial charge in [0, 0.05) is 13.1 Å². The third-order valence-corrected chi connectivity index (χ3v) is 6.26. The van der Waals surface area contributed by atoms with Gasteiger partial charge in [-0.2, -0.15) is 0 Å². The van der Waals surface area contributed by atoms with Crippen LogP contribution in [-0.4, -0.2) is 46.5 Å². The second kappa shape index (κ2) is 9.99. The smallest absolute Gasteiger partial charge is 0.294 e. The van der Waals surface area contributed by atoms with E-state index in [9.17, 15) is 18.8 Å². The summed E-state index contributed by atoms with van der Waals surface area (Å²) < 4.78 is 18.8. The van der Waals surface area contributed by atoms with Crippen LogP contribution in [0.25, 0.3) is 6.08 Å². The molecule has 2 saturated heterocycles. The lowest BCUT2D eigenvalue weighted by Crippen LogP contribution is -2.44. The monoisotopic (exact) mass is 454 g/mol. The van der Waals surface area contributed by atoms with E-state index in [1.807, 2.05) is 0 Å². The van der Waals surface area contributed by atoms with Crippen LogP contribution in [0.5, 0.6) is 5.75 Å². The number of imide groups is 1. The molecule has 0 atom stereocenters. The SMILES string of the molecule is O=C(CN1C(=O)S/C(=C/c2cccc(OCc3ccc(F)cc3)c2)C1=O)N1CCCCC1. The number of ether oxygens (including phenoxy) is 1. The summed E-state index contributed by atoms with van der Waals surface area (Å²) in [5, 5.41) is -0.435. The highest BCUT2D eigenvalue weighted by molar-refractivity contribution is 8.18. The van der Waals surface area contributed by atoms with Gasteiger partial charge in [-0.15, -0.1) is 0 Å². The normalized spacial score (nSPS) is 17.8. The average Bonchev–Trinajstić information content (AvgIpc) is 3.07. The van der Waals surface area contributed by atoms with E-state index in [2.05, 4.69) is 0 Å².